The van der Waals surface area contributed by atoms with Crippen molar-refractivity contribution in [3.8, 4) is 22.8 Å². The van der Waals surface area contributed by atoms with E-state index >= 15 is 0 Å². The molecule has 0 aliphatic carbocycles. The van der Waals surface area contributed by atoms with Crippen LogP contribution in [0.4, 0.5) is 5.82 Å². The molecule has 0 spiro atoms. The lowest BCUT2D eigenvalue weighted by atomic mass is 10.1. The maximum Gasteiger partial charge on any atom is 0.180 e. The molecule has 2 rings (SSSR count). The van der Waals surface area contributed by atoms with E-state index in [4.69, 9.17) is 26.8 Å². The summed E-state index contributed by atoms with van der Waals surface area (Å²) < 4.78 is 12.4. The summed E-state index contributed by atoms with van der Waals surface area (Å²) in [4.78, 5) is 4.63. The number of ether oxygens (including phenoxy) is 2. The molecule has 0 radical (unpaired) electrons. The van der Waals surface area contributed by atoms with Crippen molar-refractivity contribution < 1.29 is 9.47 Å². The zero-order chi connectivity index (χ0) is 15.7. The van der Waals surface area contributed by atoms with Crippen LogP contribution >= 0.6 is 11.6 Å². The minimum absolute atomic E-state index is 0.268. The SMILES string of the molecule is COc1ccc(-c2nc(C(C)C)n(C)c2N)c(Cl)c1OC. The quantitative estimate of drug-likeness (QED) is 0.939. The molecule has 0 unspecified atom stereocenters. The van der Waals surface area contributed by atoms with Gasteiger partial charge in [-0.1, -0.05) is 25.4 Å². The third-order valence-electron chi connectivity index (χ3n) is 3.43. The van der Waals surface area contributed by atoms with Crippen LogP contribution in [0.25, 0.3) is 11.3 Å². The van der Waals surface area contributed by atoms with Gasteiger partial charge >= 0.3 is 0 Å². The predicted molar refractivity (Wildman–Crippen MR) is 85.3 cm³/mol. The second-order valence-corrected chi connectivity index (χ2v) is 5.46. The van der Waals surface area contributed by atoms with E-state index in [1.807, 2.05) is 17.7 Å². The molecule has 1 aromatic carbocycles. The first-order chi connectivity index (χ1) is 9.92. The average molecular weight is 310 g/mol. The molecule has 0 aliphatic heterocycles. The van der Waals surface area contributed by atoms with Gasteiger partial charge in [0.25, 0.3) is 0 Å². The Bertz CT molecular complexity index is 665. The van der Waals surface area contributed by atoms with Crippen molar-refractivity contribution >= 4 is 17.4 Å². The lowest BCUT2D eigenvalue weighted by Gasteiger charge is -2.12. The predicted octanol–water partition coefficient (Wildman–Crippen LogP) is 3.46. The lowest BCUT2D eigenvalue weighted by Crippen LogP contribution is -2.03. The van der Waals surface area contributed by atoms with Crippen molar-refractivity contribution in [1.29, 1.82) is 0 Å². The summed E-state index contributed by atoms with van der Waals surface area (Å²) in [6, 6.07) is 3.63. The molecule has 1 heterocycles. The van der Waals surface area contributed by atoms with Crippen LogP contribution in [-0.4, -0.2) is 23.8 Å². The highest BCUT2D eigenvalue weighted by atomic mass is 35.5. The van der Waals surface area contributed by atoms with Crippen LogP contribution in [0.5, 0.6) is 11.5 Å². The van der Waals surface area contributed by atoms with Crippen LogP contribution in [0, 0.1) is 0 Å². The smallest absolute Gasteiger partial charge is 0.180 e. The number of nitrogen functional groups attached to an aromatic ring is 1. The van der Waals surface area contributed by atoms with Gasteiger partial charge in [-0.25, -0.2) is 4.98 Å². The fourth-order valence-corrected chi connectivity index (χ4v) is 2.64. The third-order valence-corrected chi connectivity index (χ3v) is 3.81. The Morgan fingerprint density at radius 3 is 2.38 bits per heavy atom. The molecule has 5 nitrogen and oxygen atoms in total. The number of benzene rings is 1. The first kappa shape index (κ1) is 15.5. The fourth-order valence-electron chi connectivity index (χ4n) is 2.32. The van der Waals surface area contributed by atoms with Crippen LogP contribution < -0.4 is 15.2 Å². The second-order valence-electron chi connectivity index (χ2n) is 5.08. The molecule has 6 heteroatoms. The topological polar surface area (TPSA) is 62.3 Å². The molecule has 0 atom stereocenters. The fraction of sp³-hybridized carbons (Fsp3) is 0.400. The number of imidazole rings is 1. The van der Waals surface area contributed by atoms with Crippen molar-refractivity contribution in [2.75, 3.05) is 20.0 Å². The highest BCUT2D eigenvalue weighted by Gasteiger charge is 2.21. The number of nitrogens with zero attached hydrogens (tertiary/aromatic N) is 2. The highest BCUT2D eigenvalue weighted by molar-refractivity contribution is 6.35. The normalized spacial score (nSPS) is 11.0. The number of nitrogens with two attached hydrogens (primary N) is 1. The second kappa shape index (κ2) is 5.85. The molecule has 1 aromatic heterocycles. The Morgan fingerprint density at radius 2 is 1.90 bits per heavy atom. The number of anilines is 1. The van der Waals surface area contributed by atoms with Crippen molar-refractivity contribution in [2.45, 2.75) is 19.8 Å². The standard InChI is InChI=1S/C15H20ClN3O2/c1-8(2)15-18-12(14(17)19(15)3)9-6-7-10(20-4)13(21-5)11(9)16/h6-8H,17H2,1-5H3. The van der Waals surface area contributed by atoms with Crippen molar-refractivity contribution in [3.05, 3.63) is 23.0 Å². The molecule has 0 fully saturated rings. The zero-order valence-corrected chi connectivity index (χ0v) is 13.7. The largest absolute Gasteiger partial charge is 0.493 e. The highest BCUT2D eigenvalue weighted by Crippen LogP contribution is 2.43. The van der Waals surface area contributed by atoms with Crippen molar-refractivity contribution in [1.82, 2.24) is 9.55 Å². The number of aromatic nitrogens is 2. The summed E-state index contributed by atoms with van der Waals surface area (Å²) in [5.74, 6) is 2.81. The van der Waals surface area contributed by atoms with Crippen LogP contribution in [0.3, 0.4) is 0 Å². The molecule has 0 saturated carbocycles. The molecule has 114 valence electrons. The summed E-state index contributed by atoms with van der Waals surface area (Å²) in [6.07, 6.45) is 0. The van der Waals surface area contributed by atoms with E-state index in [1.54, 1.807) is 20.3 Å². The van der Waals surface area contributed by atoms with E-state index in [0.717, 1.165) is 11.4 Å². The summed E-state index contributed by atoms with van der Waals surface area (Å²) in [5, 5.41) is 0.442. The molecule has 2 aromatic rings. The molecule has 0 aliphatic rings. The van der Waals surface area contributed by atoms with E-state index in [1.165, 1.54) is 0 Å². The molecule has 2 N–H and O–H groups in total. The number of methoxy groups -OCH3 is 2. The van der Waals surface area contributed by atoms with Crippen LogP contribution in [0.2, 0.25) is 5.02 Å². The van der Waals surface area contributed by atoms with Crippen LogP contribution in [0.15, 0.2) is 12.1 Å². The number of hydrogen-bond acceptors (Lipinski definition) is 4. The van der Waals surface area contributed by atoms with Gasteiger partial charge in [0.1, 0.15) is 17.3 Å². The molecule has 0 saturated heterocycles. The Morgan fingerprint density at radius 1 is 1.24 bits per heavy atom. The summed E-state index contributed by atoms with van der Waals surface area (Å²) >= 11 is 6.43. The van der Waals surface area contributed by atoms with Gasteiger partial charge in [0, 0.05) is 18.5 Å². The van der Waals surface area contributed by atoms with Gasteiger partial charge in [-0.3, -0.25) is 0 Å². The molecular formula is C15H20ClN3O2. The summed E-state index contributed by atoms with van der Waals surface area (Å²) in [7, 11) is 5.02. The lowest BCUT2D eigenvalue weighted by molar-refractivity contribution is 0.355. The van der Waals surface area contributed by atoms with Crippen LogP contribution in [0.1, 0.15) is 25.6 Å². The molecule has 0 bridgehead atoms. The van der Waals surface area contributed by atoms with Crippen LogP contribution in [-0.2, 0) is 7.05 Å². The van der Waals surface area contributed by atoms with Crippen molar-refractivity contribution in [2.24, 2.45) is 7.05 Å². The Kier molecular flexibility index (Phi) is 4.32. The van der Waals surface area contributed by atoms with Gasteiger partial charge in [0.15, 0.2) is 11.5 Å². The first-order valence-corrected chi connectivity index (χ1v) is 7.03. The van der Waals surface area contributed by atoms with E-state index in [0.29, 0.717) is 28.0 Å². The minimum atomic E-state index is 0.268. The molecule has 0 amide bonds. The number of halogens is 1. The zero-order valence-electron chi connectivity index (χ0n) is 12.9. The summed E-state index contributed by atoms with van der Waals surface area (Å²) in [5.41, 5.74) is 7.56. The van der Waals surface area contributed by atoms with Gasteiger partial charge in [-0.2, -0.15) is 0 Å². The van der Waals surface area contributed by atoms with Crippen molar-refractivity contribution in [3.63, 3.8) is 0 Å². The van der Waals surface area contributed by atoms with Gasteiger partial charge in [0.2, 0.25) is 0 Å². The van der Waals surface area contributed by atoms with E-state index in [9.17, 15) is 0 Å². The first-order valence-electron chi connectivity index (χ1n) is 6.65. The van der Waals surface area contributed by atoms with Gasteiger partial charge in [0.05, 0.1) is 19.2 Å². The number of rotatable bonds is 4. The van der Waals surface area contributed by atoms with E-state index in [2.05, 4.69) is 18.8 Å². The maximum atomic E-state index is 6.43. The Labute approximate surface area is 129 Å². The Balaban J connectivity index is 2.65. The maximum absolute atomic E-state index is 6.43. The van der Waals surface area contributed by atoms with Gasteiger partial charge in [-0.05, 0) is 12.1 Å². The molecule has 21 heavy (non-hydrogen) atoms. The van der Waals surface area contributed by atoms with Gasteiger partial charge in [-0.15, -0.1) is 0 Å². The van der Waals surface area contributed by atoms with E-state index in [-0.39, 0.29) is 5.92 Å². The van der Waals surface area contributed by atoms with Gasteiger partial charge < -0.3 is 19.8 Å². The molecular weight excluding hydrogens is 290 g/mol. The third kappa shape index (κ3) is 2.53. The number of hydrogen-bond donors (Lipinski definition) is 1. The monoisotopic (exact) mass is 309 g/mol. The van der Waals surface area contributed by atoms with E-state index < -0.39 is 0 Å². The minimum Gasteiger partial charge on any atom is -0.493 e. The Hall–Kier alpha value is -1.88. The average Bonchev–Trinajstić information content (AvgIpc) is 2.75. The summed E-state index contributed by atoms with van der Waals surface area (Å²) in [6.45, 7) is 4.14.